The van der Waals surface area contributed by atoms with Crippen LogP contribution in [-0.2, 0) is 11.2 Å². The SMILES string of the molecule is CC(C)(C)OC(=O)N(CCCc1c(-c2ccccc2)ccc(C(=O)O)c1OC1CCCCC1)C[C@H](O)c1ccccc1. The summed E-state index contributed by atoms with van der Waals surface area (Å²) in [6.45, 7) is 5.83. The van der Waals surface area contributed by atoms with Gasteiger partial charge in [-0.3, -0.25) is 0 Å². The van der Waals surface area contributed by atoms with Crippen molar-refractivity contribution in [1.29, 1.82) is 0 Å². The smallest absolute Gasteiger partial charge is 0.410 e. The highest BCUT2D eigenvalue weighted by atomic mass is 16.6. The van der Waals surface area contributed by atoms with Crippen molar-refractivity contribution in [3.8, 4) is 16.9 Å². The molecule has 0 unspecified atom stereocenters. The van der Waals surface area contributed by atoms with Crippen LogP contribution in [0.1, 0.15) is 86.9 Å². The highest BCUT2D eigenvalue weighted by Gasteiger charge is 2.27. The lowest BCUT2D eigenvalue weighted by atomic mass is 9.92. The fourth-order valence-electron chi connectivity index (χ4n) is 5.44. The zero-order valence-electron chi connectivity index (χ0n) is 24.9. The number of carboxylic acid groups (broad SMARTS) is 1. The quantitative estimate of drug-likeness (QED) is 0.244. The van der Waals surface area contributed by atoms with Gasteiger partial charge < -0.3 is 24.6 Å². The summed E-state index contributed by atoms with van der Waals surface area (Å²) in [6.07, 6.45) is 4.69. The Morgan fingerprint density at radius 1 is 0.929 bits per heavy atom. The fraction of sp³-hybridized carbons (Fsp3) is 0.429. The second-order valence-corrected chi connectivity index (χ2v) is 12.0. The van der Waals surface area contributed by atoms with Crippen molar-refractivity contribution in [2.75, 3.05) is 13.1 Å². The first kappa shape index (κ1) is 31.1. The van der Waals surface area contributed by atoms with Gasteiger partial charge in [0.2, 0.25) is 0 Å². The Morgan fingerprint density at radius 3 is 2.19 bits per heavy atom. The van der Waals surface area contributed by atoms with E-state index in [4.69, 9.17) is 9.47 Å². The monoisotopic (exact) mass is 573 g/mol. The Hall–Kier alpha value is -3.84. The molecule has 7 heteroatoms. The van der Waals surface area contributed by atoms with Gasteiger partial charge in [-0.2, -0.15) is 0 Å². The molecule has 0 heterocycles. The van der Waals surface area contributed by atoms with E-state index in [1.807, 2.05) is 87.5 Å². The van der Waals surface area contributed by atoms with E-state index in [-0.39, 0.29) is 18.2 Å². The number of carbonyl (C=O) groups excluding carboxylic acids is 1. The van der Waals surface area contributed by atoms with Crippen molar-refractivity contribution in [3.63, 3.8) is 0 Å². The second kappa shape index (κ2) is 14.4. The number of aliphatic hydroxyl groups excluding tert-OH is 1. The van der Waals surface area contributed by atoms with Crippen molar-refractivity contribution in [3.05, 3.63) is 89.5 Å². The Kier molecular flexibility index (Phi) is 10.6. The zero-order chi connectivity index (χ0) is 30.1. The standard InChI is InChI=1S/C35H43NO6/c1-35(2,3)42-34(40)36(24-31(37)26-16-9-5-10-17-26)23-13-20-29-28(25-14-7-4-8-15-25)21-22-30(33(38)39)32(29)41-27-18-11-6-12-19-27/h4-5,7-10,14-17,21-22,27,31,37H,6,11-13,18-20,23-24H2,1-3H3,(H,38,39)/t31-/m0/s1. The van der Waals surface area contributed by atoms with Crippen LogP contribution >= 0.6 is 0 Å². The van der Waals surface area contributed by atoms with Crippen molar-refractivity contribution in [2.45, 2.75) is 83.5 Å². The van der Waals surface area contributed by atoms with Crippen LogP contribution in [0, 0.1) is 0 Å². The lowest BCUT2D eigenvalue weighted by Crippen LogP contribution is -2.40. The molecule has 4 rings (SSSR count). The van der Waals surface area contributed by atoms with E-state index in [1.54, 1.807) is 6.07 Å². The minimum atomic E-state index is -1.02. The van der Waals surface area contributed by atoms with E-state index in [0.29, 0.717) is 25.1 Å². The maximum absolute atomic E-state index is 13.2. The largest absolute Gasteiger partial charge is 0.489 e. The van der Waals surface area contributed by atoms with Crippen LogP contribution in [0.15, 0.2) is 72.8 Å². The molecule has 0 spiro atoms. The number of carboxylic acids is 1. The van der Waals surface area contributed by atoms with Gasteiger partial charge in [-0.25, -0.2) is 9.59 Å². The Bertz CT molecular complexity index is 1310. The molecule has 1 aliphatic rings. The number of rotatable bonds is 11. The normalized spacial score (nSPS) is 14.7. The zero-order valence-corrected chi connectivity index (χ0v) is 24.9. The van der Waals surface area contributed by atoms with Crippen molar-refractivity contribution in [1.82, 2.24) is 4.90 Å². The van der Waals surface area contributed by atoms with Gasteiger partial charge in [0, 0.05) is 12.1 Å². The van der Waals surface area contributed by atoms with Gasteiger partial charge in [0.1, 0.15) is 16.9 Å². The molecule has 0 aromatic heterocycles. The molecule has 3 aromatic carbocycles. The number of nitrogens with zero attached hydrogens (tertiary/aromatic N) is 1. The summed E-state index contributed by atoms with van der Waals surface area (Å²) in [5.41, 5.74) is 2.89. The summed E-state index contributed by atoms with van der Waals surface area (Å²) in [5.74, 6) is -0.605. The van der Waals surface area contributed by atoms with Crippen molar-refractivity contribution >= 4 is 12.1 Å². The summed E-state index contributed by atoms with van der Waals surface area (Å²) < 4.78 is 12.2. The minimum absolute atomic E-state index is 0.0269. The third-order valence-electron chi connectivity index (χ3n) is 7.50. The van der Waals surface area contributed by atoms with Crippen LogP contribution in [0.2, 0.25) is 0 Å². The van der Waals surface area contributed by atoms with E-state index in [0.717, 1.165) is 54.4 Å². The Labute approximate surface area is 249 Å². The lowest BCUT2D eigenvalue weighted by Gasteiger charge is -2.29. The first-order chi connectivity index (χ1) is 20.1. The van der Waals surface area contributed by atoms with E-state index < -0.39 is 23.8 Å². The van der Waals surface area contributed by atoms with E-state index in [2.05, 4.69) is 0 Å². The highest BCUT2D eigenvalue weighted by Crippen LogP contribution is 2.37. The molecule has 1 saturated carbocycles. The van der Waals surface area contributed by atoms with Crippen molar-refractivity contribution < 1.29 is 29.3 Å². The van der Waals surface area contributed by atoms with Crippen molar-refractivity contribution in [2.24, 2.45) is 0 Å². The molecule has 1 atom stereocenters. The van der Waals surface area contributed by atoms with E-state index in [1.165, 1.54) is 4.90 Å². The molecule has 0 aliphatic heterocycles. The van der Waals surface area contributed by atoms with Crippen LogP contribution in [0.3, 0.4) is 0 Å². The predicted molar refractivity (Wildman–Crippen MR) is 164 cm³/mol. The summed E-state index contributed by atoms with van der Waals surface area (Å²) >= 11 is 0. The number of hydrogen-bond donors (Lipinski definition) is 2. The predicted octanol–water partition coefficient (Wildman–Crippen LogP) is 7.67. The third-order valence-corrected chi connectivity index (χ3v) is 7.50. The van der Waals surface area contributed by atoms with E-state index >= 15 is 0 Å². The van der Waals surface area contributed by atoms with Gasteiger partial charge in [0.25, 0.3) is 0 Å². The highest BCUT2D eigenvalue weighted by molar-refractivity contribution is 5.93. The number of ether oxygens (including phenoxy) is 2. The van der Waals surface area contributed by atoms with Crippen LogP contribution in [0.25, 0.3) is 11.1 Å². The Morgan fingerprint density at radius 2 is 1.57 bits per heavy atom. The van der Waals surface area contributed by atoms with Gasteiger partial charge in [0.15, 0.2) is 0 Å². The molecule has 2 N–H and O–H groups in total. The molecule has 7 nitrogen and oxygen atoms in total. The molecule has 224 valence electrons. The molecule has 0 bridgehead atoms. The summed E-state index contributed by atoms with van der Waals surface area (Å²) in [6, 6.07) is 22.6. The minimum Gasteiger partial charge on any atom is -0.489 e. The van der Waals surface area contributed by atoms with Gasteiger partial charge >= 0.3 is 12.1 Å². The molecule has 1 aliphatic carbocycles. The first-order valence-electron chi connectivity index (χ1n) is 14.9. The van der Waals surface area contributed by atoms with Gasteiger partial charge in [0.05, 0.1) is 18.8 Å². The van der Waals surface area contributed by atoms with Crippen LogP contribution in [0.4, 0.5) is 4.79 Å². The van der Waals surface area contributed by atoms with Crippen LogP contribution in [0.5, 0.6) is 5.75 Å². The molecular weight excluding hydrogens is 530 g/mol. The number of benzene rings is 3. The number of hydrogen-bond acceptors (Lipinski definition) is 5. The first-order valence-corrected chi connectivity index (χ1v) is 14.9. The molecular formula is C35H43NO6. The van der Waals surface area contributed by atoms with Gasteiger partial charge in [-0.1, -0.05) is 73.2 Å². The molecule has 1 amide bonds. The van der Waals surface area contributed by atoms with Gasteiger partial charge in [-0.05, 0) is 82.1 Å². The van der Waals surface area contributed by atoms with Crippen LogP contribution in [-0.4, -0.2) is 52.0 Å². The molecule has 0 radical (unpaired) electrons. The maximum Gasteiger partial charge on any atom is 0.410 e. The molecule has 1 fully saturated rings. The summed E-state index contributed by atoms with van der Waals surface area (Å²) in [7, 11) is 0. The number of aromatic carboxylic acids is 1. The number of amides is 1. The fourth-order valence-corrected chi connectivity index (χ4v) is 5.44. The Balaban J connectivity index is 1.63. The van der Waals surface area contributed by atoms with E-state index in [9.17, 15) is 19.8 Å². The molecule has 42 heavy (non-hydrogen) atoms. The van der Waals surface area contributed by atoms with Gasteiger partial charge in [-0.15, -0.1) is 0 Å². The second-order valence-electron chi connectivity index (χ2n) is 12.0. The number of aliphatic hydroxyl groups is 1. The maximum atomic E-state index is 13.2. The van der Waals surface area contributed by atoms with Crippen LogP contribution < -0.4 is 4.74 Å². The number of carbonyl (C=O) groups is 2. The lowest BCUT2D eigenvalue weighted by molar-refractivity contribution is 0.0142. The summed E-state index contributed by atoms with van der Waals surface area (Å²) in [5, 5.41) is 21.0. The molecule has 3 aromatic rings. The average Bonchev–Trinajstić information content (AvgIpc) is 2.97. The summed E-state index contributed by atoms with van der Waals surface area (Å²) in [4.78, 5) is 27.1. The molecule has 0 saturated heterocycles. The average molecular weight is 574 g/mol. The topological polar surface area (TPSA) is 96.3 Å². The third kappa shape index (κ3) is 8.58.